The Morgan fingerprint density at radius 2 is 1.89 bits per heavy atom. The number of amides is 2. The van der Waals surface area contributed by atoms with Crippen molar-refractivity contribution in [2.45, 2.75) is 39.3 Å². The van der Waals surface area contributed by atoms with Crippen molar-refractivity contribution in [2.24, 2.45) is 0 Å². The van der Waals surface area contributed by atoms with Gasteiger partial charge in [-0.3, -0.25) is 9.59 Å². The molecular formula is C15H20N2O2. The summed E-state index contributed by atoms with van der Waals surface area (Å²) in [6, 6.07) is 7.86. The number of nitrogens with zero attached hydrogens (tertiary/aromatic N) is 1. The molecule has 1 aromatic rings. The Morgan fingerprint density at radius 1 is 1.26 bits per heavy atom. The number of piperazine rings is 1. The van der Waals surface area contributed by atoms with Gasteiger partial charge in [-0.15, -0.1) is 0 Å². The standard InChI is InChI=1S/C15H20N2O2/c1-10-7-5-6-8-12(10)11(2)17-9-13(18)16-15(3,4)14(17)19/h5-8,11H,9H2,1-4H3,(H,16,18). The minimum atomic E-state index is -0.827. The fourth-order valence-electron chi connectivity index (χ4n) is 2.56. The maximum Gasteiger partial charge on any atom is 0.248 e. The average molecular weight is 260 g/mol. The molecule has 1 saturated heterocycles. The lowest BCUT2D eigenvalue weighted by molar-refractivity contribution is -0.150. The lowest BCUT2D eigenvalue weighted by Crippen LogP contribution is -2.64. The van der Waals surface area contributed by atoms with Gasteiger partial charge in [0, 0.05) is 0 Å². The van der Waals surface area contributed by atoms with Crippen LogP contribution in [0, 0.1) is 6.92 Å². The minimum absolute atomic E-state index is 0.0390. The monoisotopic (exact) mass is 260 g/mol. The van der Waals surface area contributed by atoms with Crippen LogP contribution in [-0.4, -0.2) is 28.8 Å². The van der Waals surface area contributed by atoms with Gasteiger partial charge in [0.15, 0.2) is 0 Å². The van der Waals surface area contributed by atoms with Gasteiger partial charge in [-0.2, -0.15) is 0 Å². The van der Waals surface area contributed by atoms with Gasteiger partial charge in [-0.25, -0.2) is 0 Å². The minimum Gasteiger partial charge on any atom is -0.341 e. The lowest BCUT2D eigenvalue weighted by Gasteiger charge is -2.41. The molecule has 0 aromatic heterocycles. The van der Waals surface area contributed by atoms with Gasteiger partial charge in [-0.1, -0.05) is 24.3 Å². The molecule has 4 heteroatoms. The highest BCUT2D eigenvalue weighted by Gasteiger charge is 2.41. The van der Waals surface area contributed by atoms with E-state index in [1.165, 1.54) is 0 Å². The predicted octanol–water partition coefficient (Wildman–Crippen LogP) is 1.79. The Hall–Kier alpha value is -1.84. The van der Waals surface area contributed by atoms with E-state index in [0.717, 1.165) is 11.1 Å². The van der Waals surface area contributed by atoms with E-state index in [2.05, 4.69) is 5.32 Å². The van der Waals surface area contributed by atoms with Crippen LogP contribution in [0.4, 0.5) is 0 Å². The summed E-state index contributed by atoms with van der Waals surface area (Å²) in [6.07, 6.45) is 0. The van der Waals surface area contributed by atoms with Crippen molar-refractivity contribution in [1.29, 1.82) is 0 Å². The van der Waals surface area contributed by atoms with Crippen LogP contribution in [-0.2, 0) is 9.59 Å². The van der Waals surface area contributed by atoms with Crippen LogP contribution in [0.1, 0.15) is 37.9 Å². The van der Waals surface area contributed by atoms with Crippen molar-refractivity contribution >= 4 is 11.8 Å². The van der Waals surface area contributed by atoms with Crippen molar-refractivity contribution < 1.29 is 9.59 Å². The van der Waals surface area contributed by atoms with E-state index in [0.29, 0.717) is 0 Å². The lowest BCUT2D eigenvalue weighted by atomic mass is 9.95. The molecule has 1 aliphatic heterocycles. The Kier molecular flexibility index (Phi) is 3.35. The van der Waals surface area contributed by atoms with E-state index in [9.17, 15) is 9.59 Å². The molecule has 0 saturated carbocycles. The van der Waals surface area contributed by atoms with Gasteiger partial charge >= 0.3 is 0 Å². The van der Waals surface area contributed by atoms with Crippen molar-refractivity contribution in [3.05, 3.63) is 35.4 Å². The molecule has 102 valence electrons. The number of carbonyl (C=O) groups is 2. The highest BCUT2D eigenvalue weighted by Crippen LogP contribution is 2.27. The van der Waals surface area contributed by atoms with Crippen LogP contribution < -0.4 is 5.32 Å². The van der Waals surface area contributed by atoms with Gasteiger partial charge in [0.2, 0.25) is 11.8 Å². The van der Waals surface area contributed by atoms with E-state index in [4.69, 9.17) is 0 Å². The zero-order valence-electron chi connectivity index (χ0n) is 11.9. The van der Waals surface area contributed by atoms with Gasteiger partial charge in [0.1, 0.15) is 12.1 Å². The smallest absolute Gasteiger partial charge is 0.248 e. The molecule has 4 nitrogen and oxygen atoms in total. The number of aryl methyl sites for hydroxylation is 1. The molecular weight excluding hydrogens is 240 g/mol. The fourth-order valence-corrected chi connectivity index (χ4v) is 2.56. The van der Waals surface area contributed by atoms with Gasteiger partial charge < -0.3 is 10.2 Å². The van der Waals surface area contributed by atoms with Gasteiger partial charge in [0.05, 0.1) is 6.04 Å². The SMILES string of the molecule is Cc1ccccc1C(C)N1CC(=O)NC(C)(C)C1=O. The summed E-state index contributed by atoms with van der Waals surface area (Å²) >= 11 is 0. The van der Waals surface area contributed by atoms with E-state index in [1.54, 1.807) is 18.7 Å². The Labute approximate surface area is 113 Å². The first-order valence-electron chi connectivity index (χ1n) is 6.50. The number of benzene rings is 1. The quantitative estimate of drug-likeness (QED) is 0.881. The molecule has 2 amide bonds. The molecule has 1 unspecified atom stereocenters. The van der Waals surface area contributed by atoms with Crippen LogP contribution in [0.25, 0.3) is 0 Å². The molecule has 1 aromatic carbocycles. The van der Waals surface area contributed by atoms with E-state index in [1.807, 2.05) is 38.1 Å². The highest BCUT2D eigenvalue weighted by atomic mass is 16.2. The van der Waals surface area contributed by atoms with E-state index >= 15 is 0 Å². The van der Waals surface area contributed by atoms with Crippen molar-refractivity contribution in [1.82, 2.24) is 10.2 Å². The molecule has 2 rings (SSSR count). The molecule has 0 radical (unpaired) electrons. The second-order valence-corrected chi connectivity index (χ2v) is 5.64. The third kappa shape index (κ3) is 2.48. The Balaban J connectivity index is 2.33. The number of carbonyl (C=O) groups excluding carboxylic acids is 2. The summed E-state index contributed by atoms with van der Waals surface area (Å²) in [6.45, 7) is 7.59. The summed E-state index contributed by atoms with van der Waals surface area (Å²) in [4.78, 5) is 25.8. The van der Waals surface area contributed by atoms with Crippen molar-refractivity contribution in [3.63, 3.8) is 0 Å². The first-order chi connectivity index (χ1) is 8.83. The topological polar surface area (TPSA) is 49.4 Å². The number of rotatable bonds is 2. The molecule has 1 heterocycles. The maximum absolute atomic E-state index is 12.4. The largest absolute Gasteiger partial charge is 0.341 e. The predicted molar refractivity (Wildman–Crippen MR) is 73.5 cm³/mol. The Bertz CT molecular complexity index is 523. The van der Waals surface area contributed by atoms with Crippen LogP contribution >= 0.6 is 0 Å². The first kappa shape index (κ1) is 13.6. The summed E-state index contributed by atoms with van der Waals surface area (Å²) in [5.74, 6) is -0.145. The van der Waals surface area contributed by atoms with E-state index < -0.39 is 5.54 Å². The molecule has 1 N–H and O–H groups in total. The zero-order valence-corrected chi connectivity index (χ0v) is 11.9. The molecule has 1 fully saturated rings. The summed E-state index contributed by atoms with van der Waals surface area (Å²) in [5.41, 5.74) is 1.39. The third-order valence-electron chi connectivity index (χ3n) is 3.67. The van der Waals surface area contributed by atoms with Crippen molar-refractivity contribution in [3.8, 4) is 0 Å². The third-order valence-corrected chi connectivity index (χ3v) is 3.67. The van der Waals surface area contributed by atoms with Crippen LogP contribution in [0.15, 0.2) is 24.3 Å². The van der Waals surface area contributed by atoms with Crippen LogP contribution in [0.2, 0.25) is 0 Å². The van der Waals surface area contributed by atoms with E-state index in [-0.39, 0.29) is 24.4 Å². The molecule has 0 spiro atoms. The van der Waals surface area contributed by atoms with Crippen LogP contribution in [0.3, 0.4) is 0 Å². The van der Waals surface area contributed by atoms with Crippen LogP contribution in [0.5, 0.6) is 0 Å². The summed E-state index contributed by atoms with van der Waals surface area (Å²) < 4.78 is 0. The number of nitrogens with one attached hydrogen (secondary N) is 1. The number of hydrogen-bond donors (Lipinski definition) is 1. The molecule has 1 aliphatic rings. The summed E-state index contributed by atoms with van der Waals surface area (Å²) in [7, 11) is 0. The second kappa shape index (κ2) is 4.68. The van der Waals surface area contributed by atoms with Gasteiger partial charge in [-0.05, 0) is 38.8 Å². The molecule has 19 heavy (non-hydrogen) atoms. The normalized spacial score (nSPS) is 20.1. The van der Waals surface area contributed by atoms with Crippen molar-refractivity contribution in [2.75, 3.05) is 6.54 Å². The fraction of sp³-hybridized carbons (Fsp3) is 0.467. The first-order valence-corrected chi connectivity index (χ1v) is 6.50. The maximum atomic E-state index is 12.4. The second-order valence-electron chi connectivity index (χ2n) is 5.64. The number of hydrogen-bond acceptors (Lipinski definition) is 2. The molecule has 1 atom stereocenters. The highest BCUT2D eigenvalue weighted by molar-refractivity contribution is 5.97. The summed E-state index contributed by atoms with van der Waals surface area (Å²) in [5, 5.41) is 2.73. The molecule has 0 aliphatic carbocycles. The molecule has 0 bridgehead atoms. The zero-order chi connectivity index (χ0) is 14.2. The van der Waals surface area contributed by atoms with Gasteiger partial charge in [0.25, 0.3) is 0 Å². The Morgan fingerprint density at radius 3 is 2.53 bits per heavy atom. The average Bonchev–Trinajstić information content (AvgIpc) is 2.33.